The van der Waals surface area contributed by atoms with E-state index in [1.165, 1.54) is 6.33 Å². The van der Waals surface area contributed by atoms with Crippen molar-refractivity contribution >= 4 is 17.1 Å². The van der Waals surface area contributed by atoms with E-state index in [0.29, 0.717) is 18.0 Å². The van der Waals surface area contributed by atoms with Crippen LogP contribution in [-0.4, -0.2) is 19.9 Å². The molecule has 0 amide bonds. The summed E-state index contributed by atoms with van der Waals surface area (Å²) in [4.78, 5) is 15.2. The zero-order valence-electron chi connectivity index (χ0n) is 8.34. The largest absolute Gasteiger partial charge is 0.469 e. The quantitative estimate of drug-likeness (QED) is 0.668. The molecule has 80 valence electrons. The van der Waals surface area contributed by atoms with Crippen LogP contribution < -0.4 is 5.73 Å². The molecule has 0 spiro atoms. The van der Waals surface area contributed by atoms with Gasteiger partial charge in [-0.15, -0.1) is 0 Å². The number of anilines is 1. The number of nitrogens with zero attached hydrogens (tertiary/aromatic N) is 3. The molecule has 0 aliphatic carbocycles. The molecular weight excluding hydrogens is 206 g/mol. The summed E-state index contributed by atoms with van der Waals surface area (Å²) in [6, 6.07) is 3.74. The van der Waals surface area contributed by atoms with E-state index in [1.807, 2.05) is 12.1 Å². The normalized spacial score (nSPS) is 11.0. The second-order valence-corrected chi connectivity index (χ2v) is 3.40. The van der Waals surface area contributed by atoms with Crippen LogP contribution >= 0.6 is 0 Å². The van der Waals surface area contributed by atoms with E-state index >= 15 is 0 Å². The van der Waals surface area contributed by atoms with Gasteiger partial charge >= 0.3 is 0 Å². The maximum atomic E-state index is 5.57. The van der Waals surface area contributed by atoms with Gasteiger partial charge in [-0.25, -0.2) is 9.97 Å². The molecule has 3 heterocycles. The summed E-state index contributed by atoms with van der Waals surface area (Å²) in [5.41, 5.74) is 7.74. The predicted octanol–water partition coefficient (Wildman–Crippen LogP) is 1.12. The second-order valence-electron chi connectivity index (χ2n) is 3.40. The maximum absolute atomic E-state index is 5.57. The van der Waals surface area contributed by atoms with E-state index in [1.54, 1.807) is 6.26 Å². The van der Waals surface area contributed by atoms with Crippen molar-refractivity contribution in [2.24, 2.45) is 0 Å². The highest BCUT2D eigenvalue weighted by atomic mass is 16.3. The Morgan fingerprint density at radius 2 is 2.31 bits per heavy atom. The fourth-order valence-electron chi connectivity index (χ4n) is 1.61. The van der Waals surface area contributed by atoms with Crippen LogP contribution in [0.1, 0.15) is 11.5 Å². The van der Waals surface area contributed by atoms with E-state index < -0.39 is 0 Å². The first-order chi connectivity index (χ1) is 7.83. The summed E-state index contributed by atoms with van der Waals surface area (Å²) in [5.74, 6) is 1.18. The molecule has 3 rings (SSSR count). The van der Waals surface area contributed by atoms with Crippen molar-refractivity contribution in [1.29, 1.82) is 0 Å². The van der Waals surface area contributed by atoms with Gasteiger partial charge in [0.25, 0.3) is 0 Å². The highest BCUT2D eigenvalue weighted by Gasteiger charge is 2.09. The molecule has 0 aromatic carbocycles. The predicted molar refractivity (Wildman–Crippen MR) is 57.6 cm³/mol. The van der Waals surface area contributed by atoms with E-state index in [2.05, 4.69) is 19.9 Å². The highest BCUT2D eigenvalue weighted by molar-refractivity contribution is 5.75. The van der Waals surface area contributed by atoms with Crippen LogP contribution in [-0.2, 0) is 6.42 Å². The molecule has 3 N–H and O–H groups in total. The molecule has 0 fully saturated rings. The third-order valence-electron chi connectivity index (χ3n) is 2.31. The Morgan fingerprint density at radius 1 is 1.38 bits per heavy atom. The third kappa shape index (κ3) is 1.40. The Bertz CT molecular complexity index is 613. The first-order valence-electron chi connectivity index (χ1n) is 4.80. The van der Waals surface area contributed by atoms with E-state index in [-0.39, 0.29) is 0 Å². The van der Waals surface area contributed by atoms with Crippen LogP contribution in [0.15, 0.2) is 29.1 Å². The Hall–Kier alpha value is -2.37. The highest BCUT2D eigenvalue weighted by Crippen LogP contribution is 2.16. The molecule has 0 unspecified atom stereocenters. The number of rotatable bonds is 2. The van der Waals surface area contributed by atoms with Crippen molar-refractivity contribution in [3.05, 3.63) is 36.2 Å². The van der Waals surface area contributed by atoms with Crippen LogP contribution in [0.4, 0.5) is 5.95 Å². The minimum absolute atomic E-state index is 0.344. The number of furan rings is 1. The lowest BCUT2D eigenvalue weighted by Crippen LogP contribution is -1.94. The number of imidazole rings is 1. The van der Waals surface area contributed by atoms with Crippen LogP contribution in [0.3, 0.4) is 0 Å². The van der Waals surface area contributed by atoms with Crippen LogP contribution in [0.2, 0.25) is 0 Å². The molecule has 0 aliphatic rings. The summed E-state index contributed by atoms with van der Waals surface area (Å²) >= 11 is 0. The molecule has 0 radical (unpaired) electrons. The van der Waals surface area contributed by atoms with E-state index in [4.69, 9.17) is 10.2 Å². The molecule has 0 saturated carbocycles. The number of nitrogen functional groups attached to an aromatic ring is 1. The van der Waals surface area contributed by atoms with Gasteiger partial charge in [-0.1, -0.05) is 0 Å². The minimum Gasteiger partial charge on any atom is -0.469 e. The van der Waals surface area contributed by atoms with Crippen LogP contribution in [0.5, 0.6) is 0 Å². The second kappa shape index (κ2) is 3.34. The minimum atomic E-state index is 0.344. The van der Waals surface area contributed by atoms with Crippen molar-refractivity contribution in [3.8, 4) is 0 Å². The fraction of sp³-hybridized carbons (Fsp3) is 0.100. The van der Waals surface area contributed by atoms with E-state index in [9.17, 15) is 0 Å². The number of nitrogens with one attached hydrogen (secondary N) is 1. The molecule has 3 aromatic heterocycles. The average Bonchev–Trinajstić information content (AvgIpc) is 2.86. The molecule has 0 aliphatic heterocycles. The number of hydrogen-bond donors (Lipinski definition) is 2. The topological polar surface area (TPSA) is 93.6 Å². The SMILES string of the molecule is Nc1nc2ncnc(Cc3ccco3)c2[nH]1. The van der Waals surface area contributed by atoms with Crippen LogP contribution in [0.25, 0.3) is 11.2 Å². The molecule has 6 nitrogen and oxygen atoms in total. The zero-order chi connectivity index (χ0) is 11.0. The number of hydrogen-bond acceptors (Lipinski definition) is 5. The lowest BCUT2D eigenvalue weighted by molar-refractivity contribution is 0.519. The van der Waals surface area contributed by atoms with Gasteiger partial charge in [0, 0.05) is 0 Å². The summed E-state index contributed by atoms with van der Waals surface area (Å²) in [7, 11) is 0. The molecule has 0 saturated heterocycles. The summed E-state index contributed by atoms with van der Waals surface area (Å²) in [6.45, 7) is 0. The smallest absolute Gasteiger partial charge is 0.200 e. The number of H-pyrrole nitrogens is 1. The van der Waals surface area contributed by atoms with Gasteiger partial charge in [0.05, 0.1) is 18.4 Å². The van der Waals surface area contributed by atoms with Crippen molar-refractivity contribution in [2.75, 3.05) is 5.73 Å². The molecule has 3 aromatic rings. The van der Waals surface area contributed by atoms with Crippen LogP contribution in [0, 0.1) is 0 Å². The molecule has 6 heteroatoms. The van der Waals surface area contributed by atoms with Gasteiger partial charge in [-0.2, -0.15) is 4.98 Å². The number of aromatic amines is 1. The first kappa shape index (κ1) is 8.90. The van der Waals surface area contributed by atoms with Crippen molar-refractivity contribution in [2.45, 2.75) is 6.42 Å². The number of fused-ring (bicyclic) bond motifs is 1. The molecule has 16 heavy (non-hydrogen) atoms. The summed E-state index contributed by atoms with van der Waals surface area (Å²) in [6.07, 6.45) is 3.70. The molecule has 0 atom stereocenters. The molecular formula is C10H9N5O. The van der Waals surface area contributed by atoms with Gasteiger partial charge < -0.3 is 15.1 Å². The lowest BCUT2D eigenvalue weighted by Gasteiger charge is -1.97. The Labute approximate surface area is 90.5 Å². The Morgan fingerprint density at radius 3 is 3.12 bits per heavy atom. The maximum Gasteiger partial charge on any atom is 0.200 e. The third-order valence-corrected chi connectivity index (χ3v) is 2.31. The summed E-state index contributed by atoms with van der Waals surface area (Å²) < 4.78 is 5.27. The van der Waals surface area contributed by atoms with Crippen molar-refractivity contribution in [3.63, 3.8) is 0 Å². The van der Waals surface area contributed by atoms with Gasteiger partial charge in [-0.3, -0.25) is 0 Å². The first-order valence-corrected chi connectivity index (χ1v) is 4.80. The number of nitrogens with two attached hydrogens (primary N) is 1. The van der Waals surface area contributed by atoms with Gasteiger partial charge in [0.2, 0.25) is 0 Å². The van der Waals surface area contributed by atoms with Gasteiger partial charge in [0.15, 0.2) is 11.6 Å². The average molecular weight is 215 g/mol. The molecule has 0 bridgehead atoms. The zero-order valence-corrected chi connectivity index (χ0v) is 8.34. The summed E-state index contributed by atoms with van der Waals surface area (Å²) in [5, 5.41) is 0. The standard InChI is InChI=1S/C10H9N5O/c11-10-14-8-7(4-6-2-1-3-16-6)12-5-13-9(8)15-10/h1-3,5H,4H2,(H3,11,12,13,14,15). The van der Waals surface area contributed by atoms with Crippen molar-refractivity contribution < 1.29 is 4.42 Å². The lowest BCUT2D eigenvalue weighted by atomic mass is 10.2. The fourth-order valence-corrected chi connectivity index (χ4v) is 1.61. The number of aromatic nitrogens is 4. The Balaban J connectivity index is 2.09. The van der Waals surface area contributed by atoms with Crippen molar-refractivity contribution in [1.82, 2.24) is 19.9 Å². The van der Waals surface area contributed by atoms with E-state index in [0.717, 1.165) is 17.0 Å². The van der Waals surface area contributed by atoms with Gasteiger partial charge in [0.1, 0.15) is 17.6 Å². The van der Waals surface area contributed by atoms with Gasteiger partial charge in [-0.05, 0) is 12.1 Å². The monoisotopic (exact) mass is 215 g/mol. The Kier molecular flexibility index (Phi) is 1.86.